The summed E-state index contributed by atoms with van der Waals surface area (Å²) in [6.45, 7) is 0. The van der Waals surface area contributed by atoms with Crippen molar-refractivity contribution in [2.24, 2.45) is 0 Å². The summed E-state index contributed by atoms with van der Waals surface area (Å²) < 4.78 is 17.5. The Bertz CT molecular complexity index is 295. The maximum Gasteiger partial charge on any atom is 1.00 e. The van der Waals surface area contributed by atoms with Crippen molar-refractivity contribution in [2.45, 2.75) is 12.8 Å². The Morgan fingerprint density at radius 2 is 0.900 bits per heavy atom. The molecule has 0 spiro atoms. The van der Waals surface area contributed by atoms with Crippen molar-refractivity contribution < 1.29 is 117 Å². The quantitative estimate of drug-likeness (QED) is 0.204. The molecule has 6 N–H and O–H groups in total. The fraction of sp³-hybridized carbons (Fsp3) is 0.500. The van der Waals surface area contributed by atoms with Crippen molar-refractivity contribution in [3.63, 3.8) is 0 Å². The molecule has 16 heteroatoms. The molecule has 0 aliphatic carbocycles. The van der Waals surface area contributed by atoms with Gasteiger partial charge in [0.15, 0.2) is 0 Å². The van der Waals surface area contributed by atoms with E-state index in [-0.39, 0.29) is 72.0 Å². The molecule has 0 amide bonds. The number of aliphatic carboxylic acids is 2. The van der Waals surface area contributed by atoms with Crippen molar-refractivity contribution in [1.29, 1.82) is 0 Å². The molecule has 0 heterocycles. The Kier molecular flexibility index (Phi) is 27.2. The monoisotopic (exact) mass is 358 g/mol. The minimum absolute atomic E-state index is 0. The molecule has 0 fully saturated rings. The van der Waals surface area contributed by atoms with Crippen molar-refractivity contribution in [3.05, 3.63) is 0 Å². The van der Waals surface area contributed by atoms with E-state index in [1.807, 2.05) is 0 Å². The summed E-state index contributed by atoms with van der Waals surface area (Å²) in [5.74, 6) is -2.15. The Balaban J connectivity index is -0.0000000558. The Morgan fingerprint density at radius 3 is 0.950 bits per heavy atom. The SMILES string of the molecule is O=C(O)CCC(=O)O.O=P(O)(O)O.O=P([O-])([O-])O.[Na+].[Na+]. The van der Waals surface area contributed by atoms with Crippen LogP contribution in [0, 0.1) is 0 Å². The normalized spacial score (nSPS) is 9.30. The van der Waals surface area contributed by atoms with Crippen molar-refractivity contribution in [1.82, 2.24) is 0 Å². The summed E-state index contributed by atoms with van der Waals surface area (Å²) in [6.07, 6.45) is -0.593. The van der Waals surface area contributed by atoms with Gasteiger partial charge in [-0.15, -0.1) is 0 Å². The van der Waals surface area contributed by atoms with Crippen molar-refractivity contribution >= 4 is 27.6 Å². The zero-order valence-corrected chi connectivity index (χ0v) is 16.2. The molecule has 0 atom stereocenters. The van der Waals surface area contributed by atoms with Gasteiger partial charge in [-0.1, -0.05) is 0 Å². The predicted molar refractivity (Wildman–Crippen MR) is 48.6 cm³/mol. The first-order valence-corrected chi connectivity index (χ1v) is 6.65. The molecule has 110 valence electrons. The molecule has 0 aromatic carbocycles. The number of hydrogen-bond acceptors (Lipinski definition) is 6. The summed E-state index contributed by atoms with van der Waals surface area (Å²) in [5, 5.41) is 15.8. The van der Waals surface area contributed by atoms with E-state index in [2.05, 4.69) is 0 Å². The number of carboxylic acids is 2. The largest absolute Gasteiger partial charge is 1.00 e. The molecular weight excluding hydrogens is 348 g/mol. The molecule has 0 aromatic rings. The standard InChI is InChI=1S/C4H6O4.2Na.2H3O4P/c5-3(6)1-2-4(7)8;;;2*1-5(2,3)4/h1-2H2,(H,5,6)(H,7,8);;;2*(H3,1,2,3,4)/q;2*+1;;/p-2. The molecule has 0 rings (SSSR count). The van der Waals surface area contributed by atoms with Crippen LogP contribution in [-0.4, -0.2) is 41.7 Å². The van der Waals surface area contributed by atoms with E-state index < -0.39 is 27.6 Å². The van der Waals surface area contributed by atoms with Gasteiger partial charge >= 0.3 is 78.9 Å². The van der Waals surface area contributed by atoms with E-state index in [9.17, 15) is 9.59 Å². The Morgan fingerprint density at radius 1 is 0.800 bits per heavy atom. The fourth-order valence-electron chi connectivity index (χ4n) is 0.214. The molecule has 0 radical (unpaired) electrons. The number of carboxylic acid groups (broad SMARTS) is 2. The second-order valence-corrected chi connectivity index (χ2v) is 4.23. The van der Waals surface area contributed by atoms with Crippen LogP contribution >= 0.6 is 15.6 Å². The van der Waals surface area contributed by atoms with Gasteiger partial charge in [0, 0.05) is 0 Å². The maximum atomic E-state index is 9.64. The van der Waals surface area contributed by atoms with Crippen LogP contribution in [0.1, 0.15) is 12.8 Å². The molecule has 0 saturated carbocycles. The van der Waals surface area contributed by atoms with Crippen LogP contribution in [-0.2, 0) is 18.7 Å². The first-order chi connectivity index (χ1) is 7.63. The van der Waals surface area contributed by atoms with Crippen molar-refractivity contribution in [3.8, 4) is 0 Å². The van der Waals surface area contributed by atoms with Gasteiger partial charge in [-0.05, 0) is 0 Å². The number of rotatable bonds is 3. The van der Waals surface area contributed by atoms with Gasteiger partial charge in [0.05, 0.1) is 20.7 Å². The average molecular weight is 358 g/mol. The fourth-order valence-corrected chi connectivity index (χ4v) is 0.214. The summed E-state index contributed by atoms with van der Waals surface area (Å²) >= 11 is 0. The van der Waals surface area contributed by atoms with Gasteiger partial charge in [0.2, 0.25) is 0 Å². The Hall–Kier alpha value is 1.16. The second kappa shape index (κ2) is 16.5. The van der Waals surface area contributed by atoms with Gasteiger partial charge < -0.3 is 44.1 Å². The molecule has 0 aromatic heterocycles. The van der Waals surface area contributed by atoms with E-state index in [0.29, 0.717) is 0 Å². The third kappa shape index (κ3) is 167. The van der Waals surface area contributed by atoms with Crippen LogP contribution < -0.4 is 68.9 Å². The van der Waals surface area contributed by atoms with E-state index in [4.69, 9.17) is 48.7 Å². The summed E-state index contributed by atoms with van der Waals surface area (Å²) in [5.41, 5.74) is 0. The molecule has 0 bridgehead atoms. The second-order valence-electron chi connectivity index (χ2n) is 2.27. The van der Waals surface area contributed by atoms with Crippen LogP contribution in [0.2, 0.25) is 0 Å². The first-order valence-electron chi connectivity index (χ1n) is 3.59. The van der Waals surface area contributed by atoms with Gasteiger partial charge in [-0.2, -0.15) is 0 Å². The predicted octanol–water partition coefficient (Wildman–Crippen LogP) is -9.18. The Labute approximate surface area is 156 Å². The van der Waals surface area contributed by atoms with Crippen LogP contribution in [0.5, 0.6) is 0 Å². The van der Waals surface area contributed by atoms with Gasteiger partial charge in [0.1, 0.15) is 0 Å². The minimum Gasteiger partial charge on any atom is -0.790 e. The van der Waals surface area contributed by atoms with E-state index in [0.717, 1.165) is 0 Å². The molecule has 0 unspecified atom stereocenters. The van der Waals surface area contributed by atoms with Crippen LogP contribution in [0.15, 0.2) is 0 Å². The van der Waals surface area contributed by atoms with Gasteiger partial charge in [0.25, 0.3) is 0 Å². The van der Waals surface area contributed by atoms with E-state index >= 15 is 0 Å². The third-order valence-corrected chi connectivity index (χ3v) is 0.553. The molecule has 12 nitrogen and oxygen atoms in total. The van der Waals surface area contributed by atoms with E-state index in [1.54, 1.807) is 0 Å². The van der Waals surface area contributed by atoms with Crippen molar-refractivity contribution in [2.75, 3.05) is 0 Å². The molecule has 0 aliphatic rings. The molecule has 20 heavy (non-hydrogen) atoms. The smallest absolute Gasteiger partial charge is 0.790 e. The molecular formula is C4H10Na2O12P2. The summed E-state index contributed by atoms with van der Waals surface area (Å²) in [7, 11) is -9.78. The number of hydrogen-bond donors (Lipinski definition) is 6. The zero-order valence-electron chi connectivity index (χ0n) is 10.4. The van der Waals surface area contributed by atoms with Crippen LogP contribution in [0.25, 0.3) is 0 Å². The summed E-state index contributed by atoms with van der Waals surface area (Å²) in [4.78, 5) is 65.1. The number of phosphoric acid groups is 2. The first kappa shape index (κ1) is 32.9. The topological polar surface area (TPSA) is 236 Å². The maximum absolute atomic E-state index is 9.64. The van der Waals surface area contributed by atoms with E-state index in [1.165, 1.54) is 0 Å². The number of carbonyl (C=O) groups is 2. The van der Waals surface area contributed by atoms with Crippen LogP contribution in [0.3, 0.4) is 0 Å². The summed E-state index contributed by atoms with van der Waals surface area (Å²) in [6, 6.07) is 0. The zero-order chi connectivity index (χ0) is 15.6. The van der Waals surface area contributed by atoms with Gasteiger partial charge in [-0.3, -0.25) is 9.59 Å². The average Bonchev–Trinajstić information content (AvgIpc) is 1.93. The van der Waals surface area contributed by atoms with Gasteiger partial charge in [-0.25, -0.2) is 4.57 Å². The minimum atomic E-state index is -5.14. The molecule has 0 aliphatic heterocycles. The molecule has 0 saturated heterocycles. The van der Waals surface area contributed by atoms with Crippen LogP contribution in [0.4, 0.5) is 0 Å². The third-order valence-electron chi connectivity index (χ3n) is 0.553.